The van der Waals surface area contributed by atoms with Gasteiger partial charge in [-0.1, -0.05) is 29.3 Å². The summed E-state index contributed by atoms with van der Waals surface area (Å²) in [6, 6.07) is 12.0. The second-order valence-electron chi connectivity index (χ2n) is 5.38. The van der Waals surface area contributed by atoms with Crippen molar-refractivity contribution >= 4 is 27.5 Å². The fourth-order valence-electron chi connectivity index (χ4n) is 2.25. The molecule has 0 N–H and O–H groups in total. The van der Waals surface area contributed by atoms with Gasteiger partial charge in [0.1, 0.15) is 0 Å². The summed E-state index contributed by atoms with van der Waals surface area (Å²) in [5.41, 5.74) is 0.152. The van der Waals surface area contributed by atoms with E-state index in [1.807, 2.05) is 6.92 Å². The molecule has 25 heavy (non-hydrogen) atoms. The summed E-state index contributed by atoms with van der Waals surface area (Å²) in [5, 5.41) is 0.448. The van der Waals surface area contributed by atoms with Crippen molar-refractivity contribution in [3.8, 4) is 0 Å². The Morgan fingerprint density at radius 3 is 2.16 bits per heavy atom. The highest BCUT2D eigenvalue weighted by molar-refractivity contribution is 7.90. The summed E-state index contributed by atoms with van der Waals surface area (Å²) < 4.78 is 26.5. The minimum atomic E-state index is -4.08. The Kier molecular flexibility index (Phi) is 4.36. The molecule has 6 nitrogen and oxygen atoms in total. The Morgan fingerprint density at radius 1 is 0.960 bits per heavy atom. The summed E-state index contributed by atoms with van der Waals surface area (Å²) >= 11 is 5.77. The van der Waals surface area contributed by atoms with Gasteiger partial charge in [-0.3, -0.25) is 4.79 Å². The lowest BCUT2D eigenvalue weighted by molar-refractivity contribution is 0.0956. The first-order chi connectivity index (χ1) is 11.8. The molecule has 1 aromatic heterocycles. The Morgan fingerprint density at radius 2 is 1.56 bits per heavy atom. The zero-order valence-electron chi connectivity index (χ0n) is 13.1. The van der Waals surface area contributed by atoms with Crippen LogP contribution in [0.4, 0.5) is 0 Å². The first kappa shape index (κ1) is 17.2. The predicted octanol–water partition coefficient (Wildman–Crippen LogP) is 2.54. The molecule has 1 heterocycles. The fraction of sp³-hybridized carbons (Fsp3) is 0.0588. The highest BCUT2D eigenvalue weighted by Gasteiger charge is 2.22. The maximum absolute atomic E-state index is 12.6. The molecule has 0 saturated carbocycles. The van der Waals surface area contributed by atoms with E-state index in [1.165, 1.54) is 36.4 Å². The summed E-state index contributed by atoms with van der Waals surface area (Å²) in [7, 11) is -4.08. The van der Waals surface area contributed by atoms with E-state index in [1.54, 1.807) is 12.1 Å². The molecule has 0 saturated heterocycles. The van der Waals surface area contributed by atoms with Crippen molar-refractivity contribution in [2.45, 2.75) is 11.8 Å². The van der Waals surface area contributed by atoms with Gasteiger partial charge in [0.05, 0.1) is 4.90 Å². The molecule has 0 aliphatic carbocycles. The molecule has 0 radical (unpaired) electrons. The monoisotopic (exact) mass is 376 g/mol. The highest BCUT2D eigenvalue weighted by Crippen LogP contribution is 2.14. The third-order valence-electron chi connectivity index (χ3n) is 3.63. The number of halogens is 1. The zero-order valence-corrected chi connectivity index (χ0v) is 14.7. The molecule has 8 heteroatoms. The van der Waals surface area contributed by atoms with Crippen LogP contribution in [0.25, 0.3) is 0 Å². The molecule has 3 rings (SSSR count). The predicted molar refractivity (Wildman–Crippen MR) is 93.6 cm³/mol. The fourth-order valence-corrected chi connectivity index (χ4v) is 3.60. The Labute approximate surface area is 149 Å². The van der Waals surface area contributed by atoms with Gasteiger partial charge >= 0.3 is 5.69 Å². The van der Waals surface area contributed by atoms with Crippen LogP contribution in [0, 0.1) is 6.92 Å². The number of carbonyl (C=O) groups excluding carboxylic acids is 1. The Balaban J connectivity index is 2.04. The SMILES string of the molecule is Cc1ccc(S(=O)(=O)n2ccn(C(=O)c3ccc(Cl)cc3)c2=O)cc1. The summed E-state index contributed by atoms with van der Waals surface area (Å²) in [6.07, 6.45) is 2.19. The first-order valence-electron chi connectivity index (χ1n) is 7.23. The van der Waals surface area contributed by atoms with Crippen LogP contribution in [0.15, 0.2) is 70.6 Å². The average Bonchev–Trinajstić information content (AvgIpc) is 2.97. The first-order valence-corrected chi connectivity index (χ1v) is 9.05. The minimum absolute atomic E-state index is 0.0307. The number of nitrogens with zero attached hydrogens (tertiary/aromatic N) is 2. The van der Waals surface area contributed by atoms with Gasteiger partial charge in [0, 0.05) is 23.0 Å². The number of aryl methyl sites for hydroxylation is 1. The van der Waals surface area contributed by atoms with Crippen LogP contribution < -0.4 is 5.69 Å². The number of hydrogen-bond donors (Lipinski definition) is 0. The average molecular weight is 377 g/mol. The van der Waals surface area contributed by atoms with Crippen molar-refractivity contribution in [2.24, 2.45) is 0 Å². The number of benzene rings is 2. The highest BCUT2D eigenvalue weighted by atomic mass is 35.5. The zero-order chi connectivity index (χ0) is 18.2. The maximum Gasteiger partial charge on any atom is 0.349 e. The lowest BCUT2D eigenvalue weighted by Gasteiger charge is -2.05. The van der Waals surface area contributed by atoms with E-state index in [2.05, 4.69) is 0 Å². The Hall–Kier alpha value is -2.64. The maximum atomic E-state index is 12.6. The molecule has 0 amide bonds. The summed E-state index contributed by atoms with van der Waals surface area (Å²) in [4.78, 5) is 24.8. The van der Waals surface area contributed by atoms with Crippen LogP contribution in [-0.2, 0) is 10.0 Å². The molecule has 0 atom stereocenters. The molecule has 0 aliphatic rings. The summed E-state index contributed by atoms with van der Waals surface area (Å²) in [6.45, 7) is 1.82. The van der Waals surface area contributed by atoms with Crippen molar-refractivity contribution in [1.82, 2.24) is 8.54 Å². The molecule has 2 aromatic carbocycles. The summed E-state index contributed by atoms with van der Waals surface area (Å²) in [5.74, 6) is -0.639. The van der Waals surface area contributed by atoms with E-state index in [4.69, 9.17) is 11.6 Å². The molecule has 0 fully saturated rings. The van der Waals surface area contributed by atoms with Crippen molar-refractivity contribution < 1.29 is 13.2 Å². The van der Waals surface area contributed by atoms with E-state index in [0.717, 1.165) is 22.5 Å². The van der Waals surface area contributed by atoms with E-state index in [0.29, 0.717) is 9.00 Å². The quantitative estimate of drug-likeness (QED) is 0.703. The van der Waals surface area contributed by atoms with E-state index in [-0.39, 0.29) is 10.5 Å². The largest absolute Gasteiger partial charge is 0.349 e. The van der Waals surface area contributed by atoms with Crippen molar-refractivity contribution in [1.29, 1.82) is 0 Å². The third-order valence-corrected chi connectivity index (χ3v) is 5.55. The standard InChI is InChI=1S/C17H13ClN2O4S/c1-12-2-8-15(9-3-12)25(23,24)20-11-10-19(17(20)22)16(21)13-4-6-14(18)7-5-13/h2-11H,1H3. The van der Waals surface area contributed by atoms with Crippen molar-refractivity contribution in [3.63, 3.8) is 0 Å². The number of rotatable bonds is 3. The number of hydrogen-bond acceptors (Lipinski definition) is 4. The third kappa shape index (κ3) is 3.16. The van der Waals surface area contributed by atoms with Gasteiger partial charge in [0.2, 0.25) is 0 Å². The molecule has 128 valence electrons. The molecular formula is C17H13ClN2O4S. The van der Waals surface area contributed by atoms with Crippen LogP contribution in [0.1, 0.15) is 15.9 Å². The normalized spacial score (nSPS) is 11.4. The van der Waals surface area contributed by atoms with Gasteiger partial charge in [0.15, 0.2) is 0 Å². The molecule has 0 unspecified atom stereocenters. The number of aromatic nitrogens is 2. The molecule has 0 bridgehead atoms. The van der Waals surface area contributed by atoms with Crippen LogP contribution in [0.2, 0.25) is 5.02 Å². The van der Waals surface area contributed by atoms with Gasteiger partial charge in [-0.15, -0.1) is 0 Å². The van der Waals surface area contributed by atoms with E-state index >= 15 is 0 Å². The molecule has 3 aromatic rings. The topological polar surface area (TPSA) is 78.1 Å². The molecule has 0 spiro atoms. The van der Waals surface area contributed by atoms with Gasteiger partial charge in [0.25, 0.3) is 15.9 Å². The number of carbonyl (C=O) groups is 1. The second-order valence-corrected chi connectivity index (χ2v) is 7.63. The smallest absolute Gasteiger partial charge is 0.268 e. The van der Waals surface area contributed by atoms with Crippen LogP contribution in [0.5, 0.6) is 0 Å². The van der Waals surface area contributed by atoms with Gasteiger partial charge in [-0.05, 0) is 43.3 Å². The Bertz CT molecular complexity index is 1090. The van der Waals surface area contributed by atoms with Crippen LogP contribution in [0.3, 0.4) is 0 Å². The van der Waals surface area contributed by atoms with E-state index < -0.39 is 21.6 Å². The molecule has 0 aliphatic heterocycles. The molecular weight excluding hydrogens is 364 g/mol. The van der Waals surface area contributed by atoms with Gasteiger partial charge in [-0.25, -0.2) is 17.8 Å². The van der Waals surface area contributed by atoms with Crippen molar-refractivity contribution in [3.05, 3.63) is 87.6 Å². The van der Waals surface area contributed by atoms with Crippen molar-refractivity contribution in [2.75, 3.05) is 0 Å². The van der Waals surface area contributed by atoms with Gasteiger partial charge in [-0.2, -0.15) is 3.97 Å². The van der Waals surface area contributed by atoms with Crippen LogP contribution in [-0.4, -0.2) is 22.9 Å². The lowest BCUT2D eigenvalue weighted by Crippen LogP contribution is -2.32. The van der Waals surface area contributed by atoms with E-state index in [9.17, 15) is 18.0 Å². The minimum Gasteiger partial charge on any atom is -0.268 e. The van der Waals surface area contributed by atoms with Gasteiger partial charge < -0.3 is 0 Å². The second kappa shape index (κ2) is 6.34. The van der Waals surface area contributed by atoms with Crippen LogP contribution >= 0.6 is 11.6 Å². The number of imidazole rings is 1. The lowest BCUT2D eigenvalue weighted by atomic mass is 10.2.